The molecule has 0 aliphatic carbocycles. The topological polar surface area (TPSA) is 4.44 Å². The lowest BCUT2D eigenvalue weighted by molar-refractivity contribution is -0.859. The van der Waals surface area contributed by atoms with E-state index in [1.165, 1.54) is 12.3 Å². The van der Waals surface area contributed by atoms with Gasteiger partial charge in [-0.05, 0) is 19.0 Å². The van der Waals surface area contributed by atoms with E-state index >= 15 is 0 Å². The van der Waals surface area contributed by atoms with E-state index in [9.17, 15) is 13.2 Å². The minimum atomic E-state index is -4.24. The molecule has 4 heteroatoms. The summed E-state index contributed by atoms with van der Waals surface area (Å²) in [5.41, 5.74) is -0.579. The van der Waals surface area contributed by atoms with Gasteiger partial charge in [0.05, 0.1) is 6.54 Å². The number of rotatable bonds is 1. The first-order valence-electron chi connectivity index (χ1n) is 4.11. The monoisotopic (exact) mass is 191 g/mol. The van der Waals surface area contributed by atoms with Gasteiger partial charge in [-0.3, -0.25) is 6.92 Å². The molecule has 0 spiro atoms. The average Bonchev–Trinajstić information content (AvgIpc) is 2.03. The van der Waals surface area contributed by atoms with Crippen molar-refractivity contribution in [1.29, 1.82) is 0 Å². The molecule has 1 aliphatic heterocycles. The zero-order chi connectivity index (χ0) is 10.1. The van der Waals surface area contributed by atoms with E-state index in [0.29, 0.717) is 6.54 Å². The first-order chi connectivity index (χ1) is 5.95. The van der Waals surface area contributed by atoms with E-state index in [-0.39, 0.29) is 6.04 Å². The molecule has 0 saturated carbocycles. The molecule has 1 heterocycles. The fraction of sp³-hybridized carbons (Fsp3) is 0.444. The van der Waals surface area contributed by atoms with Gasteiger partial charge in [0.2, 0.25) is 0 Å². The Bertz CT molecular complexity index is 240. The second-order valence-electron chi connectivity index (χ2n) is 2.99. The third-order valence-electron chi connectivity index (χ3n) is 2.06. The predicted molar refractivity (Wildman–Crippen MR) is 43.9 cm³/mol. The Morgan fingerprint density at radius 1 is 1.54 bits per heavy atom. The molecule has 0 saturated heterocycles. The molecule has 2 atom stereocenters. The number of hydrogen-bond donors (Lipinski definition) is 1. The molecule has 0 amide bonds. The molecule has 0 aromatic heterocycles. The van der Waals surface area contributed by atoms with Crippen LogP contribution in [0.1, 0.15) is 6.92 Å². The fourth-order valence-corrected chi connectivity index (χ4v) is 1.24. The molecule has 2 unspecified atom stereocenters. The SMILES string of the molecule is [CH2-]C1C=CC(C(F)(F)F)=C[NH+]1CC. The van der Waals surface area contributed by atoms with Crippen molar-refractivity contribution in [3.8, 4) is 0 Å². The van der Waals surface area contributed by atoms with Crippen molar-refractivity contribution in [3.63, 3.8) is 0 Å². The van der Waals surface area contributed by atoms with E-state index in [0.717, 1.165) is 11.0 Å². The molecule has 0 bridgehead atoms. The zero-order valence-corrected chi connectivity index (χ0v) is 7.36. The highest BCUT2D eigenvalue weighted by Gasteiger charge is 2.35. The summed E-state index contributed by atoms with van der Waals surface area (Å²) in [6.45, 7) is 6.17. The van der Waals surface area contributed by atoms with Crippen LogP contribution in [0.2, 0.25) is 0 Å². The van der Waals surface area contributed by atoms with Gasteiger partial charge in [-0.15, -0.1) is 0 Å². The van der Waals surface area contributed by atoms with Crippen molar-refractivity contribution in [2.45, 2.75) is 19.1 Å². The highest BCUT2D eigenvalue weighted by Crippen LogP contribution is 2.26. The van der Waals surface area contributed by atoms with Crippen molar-refractivity contribution in [1.82, 2.24) is 0 Å². The molecule has 1 N–H and O–H groups in total. The van der Waals surface area contributed by atoms with Crippen LogP contribution < -0.4 is 4.90 Å². The lowest BCUT2D eigenvalue weighted by Crippen LogP contribution is -3.11. The summed E-state index contributed by atoms with van der Waals surface area (Å²) >= 11 is 0. The maximum atomic E-state index is 12.2. The normalized spacial score (nSPS) is 28.8. The summed E-state index contributed by atoms with van der Waals surface area (Å²) in [4.78, 5) is 0.731. The van der Waals surface area contributed by atoms with Crippen molar-refractivity contribution >= 4 is 0 Å². The lowest BCUT2D eigenvalue weighted by atomic mass is 10.1. The zero-order valence-electron chi connectivity index (χ0n) is 7.36. The molecule has 13 heavy (non-hydrogen) atoms. The van der Waals surface area contributed by atoms with E-state index in [2.05, 4.69) is 6.92 Å². The first-order valence-corrected chi connectivity index (χ1v) is 4.11. The van der Waals surface area contributed by atoms with E-state index in [4.69, 9.17) is 0 Å². The van der Waals surface area contributed by atoms with Crippen LogP contribution in [-0.4, -0.2) is 18.8 Å². The molecule has 0 radical (unpaired) electrons. The summed E-state index contributed by atoms with van der Waals surface area (Å²) in [5, 5.41) is 0. The summed E-state index contributed by atoms with van der Waals surface area (Å²) in [6, 6.07) is -0.115. The summed E-state index contributed by atoms with van der Waals surface area (Å²) in [7, 11) is 0. The molecular formula is C9H12F3N. The van der Waals surface area contributed by atoms with Gasteiger partial charge in [0.1, 0.15) is 11.8 Å². The van der Waals surface area contributed by atoms with Crippen LogP contribution >= 0.6 is 0 Å². The minimum Gasteiger partial charge on any atom is -0.328 e. The quantitative estimate of drug-likeness (QED) is 0.592. The van der Waals surface area contributed by atoms with Crippen LogP contribution in [0, 0.1) is 6.92 Å². The summed E-state index contributed by atoms with van der Waals surface area (Å²) < 4.78 is 36.7. The maximum absolute atomic E-state index is 12.2. The molecule has 0 aromatic rings. The van der Waals surface area contributed by atoms with Crippen LogP contribution in [0.5, 0.6) is 0 Å². The van der Waals surface area contributed by atoms with Crippen molar-refractivity contribution < 1.29 is 18.1 Å². The van der Waals surface area contributed by atoms with Crippen LogP contribution in [0.25, 0.3) is 0 Å². The van der Waals surface area contributed by atoms with Crippen molar-refractivity contribution in [3.05, 3.63) is 30.8 Å². The number of allylic oxidation sites excluding steroid dienone is 2. The fourth-order valence-electron chi connectivity index (χ4n) is 1.24. The van der Waals surface area contributed by atoms with Gasteiger partial charge in [-0.1, -0.05) is 6.08 Å². The van der Waals surface area contributed by atoms with Crippen LogP contribution in [0.15, 0.2) is 23.9 Å². The van der Waals surface area contributed by atoms with E-state index in [1.807, 2.05) is 6.92 Å². The molecular weight excluding hydrogens is 179 g/mol. The maximum Gasteiger partial charge on any atom is 0.421 e. The number of nitrogens with one attached hydrogen (secondary N) is 1. The van der Waals surface area contributed by atoms with E-state index < -0.39 is 11.7 Å². The van der Waals surface area contributed by atoms with Gasteiger partial charge >= 0.3 is 6.18 Å². The summed E-state index contributed by atoms with van der Waals surface area (Å²) in [6.07, 6.45) is -0.465. The number of likely N-dealkylation sites (N-methyl/N-ethyl adjacent to an activating group) is 1. The smallest absolute Gasteiger partial charge is 0.328 e. The minimum absolute atomic E-state index is 0.115. The van der Waals surface area contributed by atoms with Crippen LogP contribution in [0.3, 0.4) is 0 Å². The molecule has 1 aliphatic rings. The van der Waals surface area contributed by atoms with Gasteiger partial charge in [0, 0.05) is 0 Å². The molecule has 0 fully saturated rings. The van der Waals surface area contributed by atoms with Crippen LogP contribution in [0.4, 0.5) is 13.2 Å². The average molecular weight is 191 g/mol. The second-order valence-corrected chi connectivity index (χ2v) is 2.99. The Balaban J connectivity index is 2.85. The third-order valence-corrected chi connectivity index (χ3v) is 2.06. The number of hydrogen-bond acceptors (Lipinski definition) is 0. The highest BCUT2D eigenvalue weighted by molar-refractivity contribution is 5.24. The molecule has 74 valence electrons. The van der Waals surface area contributed by atoms with Crippen molar-refractivity contribution in [2.75, 3.05) is 6.54 Å². The molecule has 1 rings (SSSR count). The standard InChI is InChI=1S/C9H11F3N/c1-3-13-6-8(9(10,11)12)5-4-7(13)2/h4-7H,2-3H2,1H3/q-1/p+1. The Hall–Kier alpha value is -0.770. The Morgan fingerprint density at radius 3 is 2.62 bits per heavy atom. The van der Waals surface area contributed by atoms with Gasteiger partial charge in [0.25, 0.3) is 0 Å². The van der Waals surface area contributed by atoms with Gasteiger partial charge in [-0.2, -0.15) is 13.2 Å². The van der Waals surface area contributed by atoms with Gasteiger partial charge < -0.3 is 4.90 Å². The Morgan fingerprint density at radius 2 is 2.15 bits per heavy atom. The molecule has 1 nitrogen and oxygen atoms in total. The third kappa shape index (κ3) is 2.34. The summed E-state index contributed by atoms with van der Waals surface area (Å²) in [5.74, 6) is 0. The number of alkyl halides is 3. The van der Waals surface area contributed by atoms with Crippen molar-refractivity contribution in [2.24, 2.45) is 0 Å². The van der Waals surface area contributed by atoms with Crippen LogP contribution in [-0.2, 0) is 0 Å². The largest absolute Gasteiger partial charge is 0.421 e. The van der Waals surface area contributed by atoms with E-state index in [1.54, 1.807) is 0 Å². The molecule has 0 aromatic carbocycles. The number of halogens is 3. The Labute approximate surface area is 75.5 Å². The predicted octanol–water partition coefficient (Wildman–Crippen LogP) is 1.11. The van der Waals surface area contributed by atoms with Gasteiger partial charge in [0.15, 0.2) is 0 Å². The highest BCUT2D eigenvalue weighted by atomic mass is 19.4. The first kappa shape index (κ1) is 10.3. The number of quaternary nitrogens is 1. The van der Waals surface area contributed by atoms with Gasteiger partial charge in [-0.25, -0.2) is 0 Å². The lowest BCUT2D eigenvalue weighted by Gasteiger charge is -2.27. The second kappa shape index (κ2) is 3.54. The Kier molecular flexibility index (Phi) is 2.81.